The first-order valence-electron chi connectivity index (χ1n) is 5.10. The topological polar surface area (TPSA) is 44.1 Å². The van der Waals surface area contributed by atoms with Gasteiger partial charge in [-0.1, -0.05) is 23.2 Å². The highest BCUT2D eigenvalue weighted by Gasteiger charge is 2.20. The summed E-state index contributed by atoms with van der Waals surface area (Å²) in [6, 6.07) is 6.59. The molecular weight excluding hydrogens is 259 g/mol. The number of amides is 1. The van der Waals surface area contributed by atoms with E-state index < -0.39 is 0 Å². The summed E-state index contributed by atoms with van der Waals surface area (Å²) in [7, 11) is 0. The highest BCUT2D eigenvalue weighted by atomic mass is 35.5. The lowest BCUT2D eigenvalue weighted by Gasteiger charge is -2.24. The molecule has 0 bridgehead atoms. The molecule has 0 saturated heterocycles. The van der Waals surface area contributed by atoms with Crippen LogP contribution in [0.4, 0.5) is 0 Å². The van der Waals surface area contributed by atoms with Gasteiger partial charge in [-0.05, 0) is 32.0 Å². The molecule has 0 aliphatic heterocycles. The zero-order valence-corrected chi connectivity index (χ0v) is 11.1. The molecule has 0 aliphatic rings. The van der Waals surface area contributed by atoms with Crippen molar-refractivity contribution < 1.29 is 4.79 Å². The highest BCUT2D eigenvalue weighted by Crippen LogP contribution is 2.22. The van der Waals surface area contributed by atoms with Gasteiger partial charge in [0.05, 0.1) is 16.7 Å². The second-order valence-electron chi connectivity index (χ2n) is 3.81. The third kappa shape index (κ3) is 3.36. The SMILES string of the molecule is CC(C)N(CC#N)C(=O)c1ccc(Cl)cc1Cl. The van der Waals surface area contributed by atoms with Crippen LogP contribution in [-0.2, 0) is 0 Å². The first kappa shape index (κ1) is 13.8. The summed E-state index contributed by atoms with van der Waals surface area (Å²) in [6.45, 7) is 3.73. The second kappa shape index (κ2) is 5.90. The lowest BCUT2D eigenvalue weighted by atomic mass is 10.1. The molecule has 0 unspecified atom stereocenters. The van der Waals surface area contributed by atoms with Crippen molar-refractivity contribution in [1.29, 1.82) is 5.26 Å². The van der Waals surface area contributed by atoms with E-state index >= 15 is 0 Å². The summed E-state index contributed by atoms with van der Waals surface area (Å²) in [5.41, 5.74) is 0.361. The lowest BCUT2D eigenvalue weighted by Crippen LogP contribution is -2.37. The zero-order chi connectivity index (χ0) is 13.0. The Balaban J connectivity index is 3.06. The van der Waals surface area contributed by atoms with Crippen LogP contribution in [0.25, 0.3) is 0 Å². The van der Waals surface area contributed by atoms with E-state index in [0.29, 0.717) is 15.6 Å². The number of carbonyl (C=O) groups is 1. The van der Waals surface area contributed by atoms with E-state index in [9.17, 15) is 4.79 Å². The molecule has 1 amide bonds. The molecule has 1 aromatic carbocycles. The quantitative estimate of drug-likeness (QED) is 0.791. The molecular formula is C12H12Cl2N2O. The van der Waals surface area contributed by atoms with E-state index in [1.165, 1.54) is 11.0 Å². The Kier molecular flexibility index (Phi) is 4.80. The average Bonchev–Trinajstić information content (AvgIpc) is 2.24. The van der Waals surface area contributed by atoms with Crippen molar-refractivity contribution in [2.45, 2.75) is 19.9 Å². The molecule has 0 saturated carbocycles. The van der Waals surface area contributed by atoms with Crippen LogP contribution in [-0.4, -0.2) is 23.4 Å². The van der Waals surface area contributed by atoms with Crippen LogP contribution in [0.5, 0.6) is 0 Å². The van der Waals surface area contributed by atoms with Crippen molar-refractivity contribution in [2.24, 2.45) is 0 Å². The molecule has 1 aromatic rings. The summed E-state index contributed by atoms with van der Waals surface area (Å²) in [4.78, 5) is 13.6. The van der Waals surface area contributed by atoms with Gasteiger partial charge < -0.3 is 4.90 Å². The van der Waals surface area contributed by atoms with Crippen molar-refractivity contribution in [3.8, 4) is 6.07 Å². The molecule has 5 heteroatoms. The van der Waals surface area contributed by atoms with Gasteiger partial charge in [-0.15, -0.1) is 0 Å². The van der Waals surface area contributed by atoms with Crippen molar-refractivity contribution >= 4 is 29.1 Å². The number of halogens is 2. The van der Waals surface area contributed by atoms with Crippen molar-refractivity contribution in [1.82, 2.24) is 4.90 Å². The number of carbonyl (C=O) groups excluding carboxylic acids is 1. The number of hydrogen-bond acceptors (Lipinski definition) is 2. The van der Waals surface area contributed by atoms with E-state index in [4.69, 9.17) is 28.5 Å². The Hall–Kier alpha value is -1.24. The molecule has 0 N–H and O–H groups in total. The predicted molar refractivity (Wildman–Crippen MR) is 68.2 cm³/mol. The zero-order valence-electron chi connectivity index (χ0n) is 9.58. The largest absolute Gasteiger partial charge is 0.323 e. The van der Waals surface area contributed by atoms with Crippen LogP contribution in [0.2, 0.25) is 10.0 Å². The first-order chi connectivity index (χ1) is 7.97. The maximum absolute atomic E-state index is 12.2. The van der Waals surface area contributed by atoms with Crippen LogP contribution in [0.15, 0.2) is 18.2 Å². The Bertz CT molecular complexity index is 466. The van der Waals surface area contributed by atoms with E-state index in [1.807, 2.05) is 19.9 Å². The molecule has 17 heavy (non-hydrogen) atoms. The van der Waals surface area contributed by atoms with Gasteiger partial charge in [-0.3, -0.25) is 4.79 Å². The Morgan fingerprint density at radius 2 is 2.12 bits per heavy atom. The Labute approximate surface area is 111 Å². The van der Waals surface area contributed by atoms with Crippen LogP contribution >= 0.6 is 23.2 Å². The van der Waals surface area contributed by atoms with Gasteiger partial charge in [0, 0.05) is 11.1 Å². The summed E-state index contributed by atoms with van der Waals surface area (Å²) >= 11 is 11.7. The van der Waals surface area contributed by atoms with E-state index in [-0.39, 0.29) is 18.5 Å². The smallest absolute Gasteiger partial charge is 0.256 e. The number of nitrogens with zero attached hydrogens (tertiary/aromatic N) is 2. The summed E-state index contributed by atoms with van der Waals surface area (Å²) in [5, 5.41) is 9.47. The van der Waals surface area contributed by atoms with E-state index in [1.54, 1.807) is 12.1 Å². The van der Waals surface area contributed by atoms with Crippen molar-refractivity contribution in [3.05, 3.63) is 33.8 Å². The van der Waals surface area contributed by atoms with Gasteiger partial charge in [-0.25, -0.2) is 0 Å². The molecule has 1 rings (SSSR count). The van der Waals surface area contributed by atoms with Crippen molar-refractivity contribution in [2.75, 3.05) is 6.54 Å². The number of hydrogen-bond donors (Lipinski definition) is 0. The molecule has 0 fully saturated rings. The van der Waals surface area contributed by atoms with Gasteiger partial charge in [-0.2, -0.15) is 5.26 Å². The molecule has 0 aliphatic carbocycles. The summed E-state index contributed by atoms with van der Waals surface area (Å²) in [6.07, 6.45) is 0. The standard InChI is InChI=1S/C12H12Cl2N2O/c1-8(2)16(6-5-15)12(17)10-4-3-9(13)7-11(10)14/h3-4,7-8H,6H2,1-2H3. The summed E-state index contributed by atoms with van der Waals surface area (Å²) in [5.74, 6) is -0.261. The maximum Gasteiger partial charge on any atom is 0.256 e. The normalized spacial score (nSPS) is 10.1. The van der Waals surface area contributed by atoms with Gasteiger partial charge >= 0.3 is 0 Å². The highest BCUT2D eigenvalue weighted by molar-refractivity contribution is 6.36. The molecule has 0 atom stereocenters. The fourth-order valence-corrected chi connectivity index (χ4v) is 1.87. The van der Waals surface area contributed by atoms with Crippen LogP contribution in [0, 0.1) is 11.3 Å². The Morgan fingerprint density at radius 1 is 1.47 bits per heavy atom. The van der Waals surface area contributed by atoms with Gasteiger partial charge in [0.1, 0.15) is 6.54 Å². The minimum Gasteiger partial charge on any atom is -0.323 e. The molecule has 0 radical (unpaired) electrons. The van der Waals surface area contributed by atoms with E-state index in [0.717, 1.165) is 0 Å². The summed E-state index contributed by atoms with van der Waals surface area (Å²) < 4.78 is 0. The molecule has 0 spiro atoms. The van der Waals surface area contributed by atoms with Crippen molar-refractivity contribution in [3.63, 3.8) is 0 Å². The minimum atomic E-state index is -0.261. The van der Waals surface area contributed by atoms with Crippen LogP contribution in [0.1, 0.15) is 24.2 Å². The van der Waals surface area contributed by atoms with E-state index in [2.05, 4.69) is 0 Å². The molecule has 0 aromatic heterocycles. The maximum atomic E-state index is 12.2. The van der Waals surface area contributed by atoms with Crippen LogP contribution in [0.3, 0.4) is 0 Å². The monoisotopic (exact) mass is 270 g/mol. The van der Waals surface area contributed by atoms with Crippen LogP contribution < -0.4 is 0 Å². The third-order valence-electron chi connectivity index (χ3n) is 2.29. The number of benzene rings is 1. The van der Waals surface area contributed by atoms with Gasteiger partial charge in [0.15, 0.2) is 0 Å². The minimum absolute atomic E-state index is 0.0372. The second-order valence-corrected chi connectivity index (χ2v) is 4.65. The lowest BCUT2D eigenvalue weighted by molar-refractivity contribution is 0.0731. The molecule has 3 nitrogen and oxygen atoms in total. The Morgan fingerprint density at radius 3 is 2.59 bits per heavy atom. The predicted octanol–water partition coefficient (Wildman–Crippen LogP) is 3.37. The fraction of sp³-hybridized carbons (Fsp3) is 0.333. The van der Waals surface area contributed by atoms with Gasteiger partial charge in [0.2, 0.25) is 0 Å². The third-order valence-corrected chi connectivity index (χ3v) is 2.83. The molecule has 0 heterocycles. The average molecular weight is 271 g/mol. The molecule has 90 valence electrons. The first-order valence-corrected chi connectivity index (χ1v) is 5.86. The number of nitriles is 1. The van der Waals surface area contributed by atoms with Gasteiger partial charge in [0.25, 0.3) is 5.91 Å². The number of rotatable bonds is 3. The fourth-order valence-electron chi connectivity index (χ4n) is 1.38.